The number of likely N-dealkylation sites (tertiary alicyclic amines) is 1. The summed E-state index contributed by atoms with van der Waals surface area (Å²) in [5, 5.41) is 15.3. The number of hydrogen-bond acceptors (Lipinski definition) is 3. The van der Waals surface area contributed by atoms with Gasteiger partial charge in [-0.15, -0.1) is 0 Å². The second-order valence-corrected chi connectivity index (χ2v) is 6.55. The summed E-state index contributed by atoms with van der Waals surface area (Å²) in [6.45, 7) is 11.3. The van der Waals surface area contributed by atoms with Gasteiger partial charge in [0.05, 0.1) is 6.10 Å². The van der Waals surface area contributed by atoms with Crippen molar-refractivity contribution in [2.24, 2.45) is 5.92 Å². The van der Waals surface area contributed by atoms with Crippen LogP contribution in [0.15, 0.2) is 0 Å². The van der Waals surface area contributed by atoms with Crippen molar-refractivity contribution in [1.82, 2.24) is 15.5 Å². The van der Waals surface area contributed by atoms with Gasteiger partial charge in [-0.25, -0.2) is 4.79 Å². The topological polar surface area (TPSA) is 64.6 Å². The van der Waals surface area contributed by atoms with Gasteiger partial charge in [0.25, 0.3) is 0 Å². The molecule has 1 rings (SSSR count). The molecule has 0 spiro atoms. The highest BCUT2D eigenvalue weighted by Gasteiger charge is 2.22. The van der Waals surface area contributed by atoms with E-state index in [4.69, 9.17) is 0 Å². The molecule has 1 heterocycles. The maximum Gasteiger partial charge on any atom is 0.315 e. The molecule has 0 aromatic heterocycles. The van der Waals surface area contributed by atoms with Crippen LogP contribution in [0.5, 0.6) is 0 Å². The number of carbonyl (C=O) groups is 1. The average molecular weight is 271 g/mol. The zero-order valence-electron chi connectivity index (χ0n) is 12.7. The normalized spacial score (nSPS) is 20.1. The predicted molar refractivity (Wildman–Crippen MR) is 77.1 cm³/mol. The fourth-order valence-corrected chi connectivity index (χ4v) is 2.37. The summed E-state index contributed by atoms with van der Waals surface area (Å²) in [5.74, 6) is 0.438. The summed E-state index contributed by atoms with van der Waals surface area (Å²) < 4.78 is 0. The molecule has 1 aliphatic heterocycles. The molecular formula is C14H29N3O2. The molecule has 1 unspecified atom stereocenters. The Morgan fingerprint density at radius 1 is 1.37 bits per heavy atom. The molecule has 1 aliphatic rings. The van der Waals surface area contributed by atoms with Gasteiger partial charge in [0.15, 0.2) is 0 Å². The third-order valence-electron chi connectivity index (χ3n) is 3.52. The van der Waals surface area contributed by atoms with Gasteiger partial charge in [-0.2, -0.15) is 0 Å². The monoisotopic (exact) mass is 271 g/mol. The molecule has 0 aromatic carbocycles. The first-order chi connectivity index (χ1) is 8.78. The number of aliphatic hydroxyl groups is 1. The lowest BCUT2D eigenvalue weighted by atomic mass is 9.92. The molecule has 2 amide bonds. The fraction of sp³-hybridized carbons (Fsp3) is 0.929. The van der Waals surface area contributed by atoms with E-state index in [1.165, 1.54) is 0 Å². The van der Waals surface area contributed by atoms with Crippen molar-refractivity contribution in [3.05, 3.63) is 0 Å². The molecular weight excluding hydrogens is 242 g/mol. The number of nitrogens with zero attached hydrogens (tertiary/aromatic N) is 1. The van der Waals surface area contributed by atoms with Gasteiger partial charge in [0, 0.05) is 18.6 Å². The highest BCUT2D eigenvalue weighted by Crippen LogP contribution is 2.19. The summed E-state index contributed by atoms with van der Waals surface area (Å²) in [6, 6.07) is -0.105. The molecule has 0 bridgehead atoms. The van der Waals surface area contributed by atoms with E-state index in [2.05, 4.69) is 15.5 Å². The lowest BCUT2D eigenvalue weighted by molar-refractivity contribution is 0.0724. The van der Waals surface area contributed by atoms with E-state index < -0.39 is 0 Å². The first-order valence-electron chi connectivity index (χ1n) is 7.24. The van der Waals surface area contributed by atoms with Crippen LogP contribution in [0.3, 0.4) is 0 Å². The van der Waals surface area contributed by atoms with E-state index in [9.17, 15) is 9.90 Å². The average Bonchev–Trinajstić information content (AvgIpc) is 2.27. The van der Waals surface area contributed by atoms with Crippen LogP contribution in [0.2, 0.25) is 0 Å². The highest BCUT2D eigenvalue weighted by molar-refractivity contribution is 5.74. The van der Waals surface area contributed by atoms with E-state index in [0.29, 0.717) is 12.5 Å². The minimum atomic E-state index is -0.196. The van der Waals surface area contributed by atoms with Crippen molar-refractivity contribution in [2.75, 3.05) is 26.2 Å². The van der Waals surface area contributed by atoms with E-state index in [0.717, 1.165) is 32.5 Å². The SMILES string of the molecule is CC(O)C1CCN(CCNC(=O)NC(C)(C)C)CC1. The Labute approximate surface area is 116 Å². The first-order valence-corrected chi connectivity index (χ1v) is 7.24. The molecule has 5 nitrogen and oxygen atoms in total. The summed E-state index contributed by atoms with van der Waals surface area (Å²) in [7, 11) is 0. The van der Waals surface area contributed by atoms with Crippen molar-refractivity contribution < 1.29 is 9.90 Å². The van der Waals surface area contributed by atoms with Crippen LogP contribution in [0.1, 0.15) is 40.5 Å². The molecule has 19 heavy (non-hydrogen) atoms. The Morgan fingerprint density at radius 3 is 2.42 bits per heavy atom. The maximum atomic E-state index is 11.6. The van der Waals surface area contributed by atoms with Crippen LogP contribution in [0.4, 0.5) is 4.79 Å². The first kappa shape index (κ1) is 16.2. The fourth-order valence-electron chi connectivity index (χ4n) is 2.37. The van der Waals surface area contributed by atoms with Crippen LogP contribution in [-0.2, 0) is 0 Å². The maximum absolute atomic E-state index is 11.6. The van der Waals surface area contributed by atoms with E-state index >= 15 is 0 Å². The van der Waals surface area contributed by atoms with Crippen molar-refractivity contribution in [2.45, 2.75) is 52.2 Å². The summed E-state index contributed by atoms with van der Waals surface area (Å²) in [5.41, 5.74) is -0.195. The van der Waals surface area contributed by atoms with Gasteiger partial charge in [-0.3, -0.25) is 0 Å². The highest BCUT2D eigenvalue weighted by atomic mass is 16.3. The van der Waals surface area contributed by atoms with Crippen LogP contribution in [0, 0.1) is 5.92 Å². The number of amides is 2. The summed E-state index contributed by atoms with van der Waals surface area (Å²) in [6.07, 6.45) is 1.90. The lowest BCUT2D eigenvalue weighted by Crippen LogP contribution is -2.48. The Kier molecular flexibility index (Phi) is 6.07. The largest absolute Gasteiger partial charge is 0.393 e. The molecule has 0 saturated carbocycles. The van der Waals surface area contributed by atoms with Crippen molar-refractivity contribution in [1.29, 1.82) is 0 Å². The predicted octanol–water partition coefficient (Wildman–Crippen LogP) is 1.18. The molecule has 1 fully saturated rings. The lowest BCUT2D eigenvalue weighted by Gasteiger charge is -2.33. The number of nitrogens with one attached hydrogen (secondary N) is 2. The van der Waals surface area contributed by atoms with Crippen molar-refractivity contribution >= 4 is 6.03 Å². The standard InChI is InChI=1S/C14H29N3O2/c1-11(18)12-5-8-17(9-6-12)10-7-15-13(19)16-14(2,3)4/h11-12,18H,5-10H2,1-4H3,(H2,15,16,19). The number of rotatable bonds is 4. The third kappa shape index (κ3) is 6.78. The van der Waals surface area contributed by atoms with Gasteiger partial charge < -0.3 is 20.6 Å². The smallest absolute Gasteiger partial charge is 0.315 e. The molecule has 0 aliphatic carbocycles. The summed E-state index contributed by atoms with van der Waals surface area (Å²) >= 11 is 0. The Morgan fingerprint density at radius 2 is 1.95 bits per heavy atom. The van der Waals surface area contributed by atoms with Gasteiger partial charge in [-0.1, -0.05) is 0 Å². The van der Waals surface area contributed by atoms with E-state index in [1.54, 1.807) is 0 Å². The molecule has 3 N–H and O–H groups in total. The van der Waals surface area contributed by atoms with Gasteiger partial charge in [-0.05, 0) is 59.5 Å². The number of aliphatic hydroxyl groups excluding tert-OH is 1. The van der Waals surface area contributed by atoms with Crippen LogP contribution < -0.4 is 10.6 Å². The number of hydrogen-bond donors (Lipinski definition) is 3. The van der Waals surface area contributed by atoms with Crippen molar-refractivity contribution in [3.8, 4) is 0 Å². The second kappa shape index (κ2) is 7.10. The van der Waals surface area contributed by atoms with Gasteiger partial charge in [0.1, 0.15) is 0 Å². The Bertz CT molecular complexity index is 279. The Balaban J connectivity index is 2.13. The minimum absolute atomic E-state index is 0.105. The van der Waals surface area contributed by atoms with Crippen LogP contribution in [0.25, 0.3) is 0 Å². The molecule has 1 saturated heterocycles. The summed E-state index contributed by atoms with van der Waals surface area (Å²) in [4.78, 5) is 13.9. The molecule has 5 heteroatoms. The van der Waals surface area contributed by atoms with Gasteiger partial charge in [0.2, 0.25) is 0 Å². The minimum Gasteiger partial charge on any atom is -0.393 e. The van der Waals surface area contributed by atoms with Crippen LogP contribution >= 0.6 is 0 Å². The quantitative estimate of drug-likeness (QED) is 0.719. The number of urea groups is 1. The number of piperidine rings is 1. The van der Waals surface area contributed by atoms with Crippen LogP contribution in [-0.4, -0.2) is 53.9 Å². The molecule has 0 aromatic rings. The van der Waals surface area contributed by atoms with E-state index in [1.807, 2.05) is 27.7 Å². The van der Waals surface area contributed by atoms with Gasteiger partial charge >= 0.3 is 6.03 Å². The van der Waals surface area contributed by atoms with E-state index in [-0.39, 0.29) is 17.7 Å². The Hall–Kier alpha value is -0.810. The van der Waals surface area contributed by atoms with Crippen molar-refractivity contribution in [3.63, 3.8) is 0 Å². The molecule has 112 valence electrons. The zero-order valence-corrected chi connectivity index (χ0v) is 12.7. The third-order valence-corrected chi connectivity index (χ3v) is 3.52. The number of carbonyl (C=O) groups excluding carboxylic acids is 1. The molecule has 1 atom stereocenters. The second-order valence-electron chi connectivity index (χ2n) is 6.55. The molecule has 0 radical (unpaired) electrons. The zero-order chi connectivity index (χ0) is 14.5.